The van der Waals surface area contributed by atoms with Crippen LogP contribution < -0.4 is 0 Å². The molecule has 3 saturated carbocycles. The smallest absolute Gasteiger partial charge is 0.192 e. The minimum atomic E-state index is -1.83. The standard InChI is InChI=1S/C25H37BrO4Si/c1-21(2,3)31(5,6)29-18-8-7-17-22(18,4)10-9-15-13-25-20(28-25)19(27)16(26)14-23(25)11-12-24(15,17)30-23/h13,16-18,20H,7-12,14H2,1-6H3/t16-,17-,18+,20+,22+,23-,24-,25+/m1/s1. The zero-order valence-electron chi connectivity index (χ0n) is 19.8. The van der Waals surface area contributed by atoms with Crippen LogP contribution in [-0.4, -0.2) is 47.9 Å². The molecule has 2 bridgehead atoms. The highest BCUT2D eigenvalue weighted by Gasteiger charge is 2.82. The van der Waals surface area contributed by atoms with Gasteiger partial charge in [-0.15, -0.1) is 0 Å². The number of epoxide rings is 1. The number of fused-ring (bicyclic) bond motifs is 1. The third-order valence-electron chi connectivity index (χ3n) is 10.6. The molecule has 5 fully saturated rings. The van der Waals surface area contributed by atoms with Gasteiger partial charge in [0.1, 0.15) is 11.2 Å². The summed E-state index contributed by atoms with van der Waals surface area (Å²) >= 11 is 3.64. The van der Waals surface area contributed by atoms with Crippen LogP contribution in [0.2, 0.25) is 18.1 Å². The van der Waals surface area contributed by atoms with Gasteiger partial charge in [-0.05, 0) is 86.1 Å². The van der Waals surface area contributed by atoms with E-state index in [1.165, 1.54) is 12.0 Å². The minimum Gasteiger partial charge on any atom is -0.413 e. The largest absolute Gasteiger partial charge is 0.413 e. The molecule has 3 aliphatic heterocycles. The van der Waals surface area contributed by atoms with Gasteiger partial charge >= 0.3 is 0 Å². The Morgan fingerprint density at radius 2 is 1.94 bits per heavy atom. The molecule has 0 aromatic carbocycles. The third kappa shape index (κ3) is 2.45. The van der Waals surface area contributed by atoms with E-state index in [4.69, 9.17) is 13.9 Å². The Morgan fingerprint density at radius 3 is 2.65 bits per heavy atom. The van der Waals surface area contributed by atoms with Gasteiger partial charge in [-0.2, -0.15) is 0 Å². The maximum atomic E-state index is 12.7. The fourth-order valence-electron chi connectivity index (χ4n) is 7.78. The molecule has 3 spiro atoms. The predicted molar refractivity (Wildman–Crippen MR) is 126 cm³/mol. The molecule has 0 N–H and O–H groups in total. The van der Waals surface area contributed by atoms with Crippen molar-refractivity contribution in [3.63, 3.8) is 0 Å². The predicted octanol–water partition coefficient (Wildman–Crippen LogP) is 5.69. The van der Waals surface area contributed by atoms with E-state index in [9.17, 15) is 4.79 Å². The molecule has 0 amide bonds. The monoisotopic (exact) mass is 508 g/mol. The molecule has 6 heteroatoms. The van der Waals surface area contributed by atoms with Crippen molar-refractivity contribution in [1.29, 1.82) is 0 Å². The molecule has 6 aliphatic rings. The zero-order valence-corrected chi connectivity index (χ0v) is 22.4. The maximum Gasteiger partial charge on any atom is 0.192 e. The van der Waals surface area contributed by atoms with Gasteiger partial charge in [0.15, 0.2) is 20.2 Å². The Morgan fingerprint density at radius 1 is 1.19 bits per heavy atom. The van der Waals surface area contributed by atoms with Gasteiger partial charge in [-0.1, -0.05) is 43.6 Å². The van der Waals surface area contributed by atoms with Crippen LogP contribution in [0.5, 0.6) is 0 Å². The van der Waals surface area contributed by atoms with Crippen LogP contribution in [0, 0.1) is 11.3 Å². The summed E-state index contributed by atoms with van der Waals surface area (Å²) in [7, 11) is -1.83. The fraction of sp³-hybridized carbons (Fsp3) is 0.880. The number of ether oxygens (including phenoxy) is 2. The van der Waals surface area contributed by atoms with E-state index in [1.807, 2.05) is 0 Å². The lowest BCUT2D eigenvalue weighted by Gasteiger charge is -2.56. The van der Waals surface area contributed by atoms with Gasteiger partial charge < -0.3 is 13.9 Å². The van der Waals surface area contributed by atoms with Crippen molar-refractivity contribution in [2.24, 2.45) is 11.3 Å². The van der Waals surface area contributed by atoms with E-state index in [1.54, 1.807) is 0 Å². The van der Waals surface area contributed by atoms with E-state index in [2.05, 4.69) is 62.8 Å². The van der Waals surface area contributed by atoms with Gasteiger partial charge in [0.25, 0.3) is 0 Å². The second-order valence-electron chi connectivity index (χ2n) is 13.0. The van der Waals surface area contributed by atoms with E-state index in [-0.39, 0.29) is 38.4 Å². The molecule has 6 rings (SSSR count). The van der Waals surface area contributed by atoms with Crippen LogP contribution in [-0.2, 0) is 18.7 Å². The van der Waals surface area contributed by atoms with Crippen LogP contribution in [0.15, 0.2) is 11.6 Å². The average molecular weight is 510 g/mol. The Hall–Kier alpha value is -0.0131. The van der Waals surface area contributed by atoms with Gasteiger partial charge in [0, 0.05) is 0 Å². The van der Waals surface area contributed by atoms with Crippen molar-refractivity contribution in [3.05, 3.63) is 11.6 Å². The molecule has 0 unspecified atom stereocenters. The van der Waals surface area contributed by atoms with Crippen molar-refractivity contribution in [1.82, 2.24) is 0 Å². The summed E-state index contributed by atoms with van der Waals surface area (Å²) in [5, 5.41) is 0.225. The molecule has 0 aromatic heterocycles. The van der Waals surface area contributed by atoms with Crippen LogP contribution >= 0.6 is 15.9 Å². The van der Waals surface area contributed by atoms with Crippen LogP contribution in [0.3, 0.4) is 0 Å². The molecule has 0 radical (unpaired) electrons. The molecule has 0 aromatic rings. The molecule has 172 valence electrons. The lowest BCUT2D eigenvalue weighted by Crippen LogP contribution is -2.62. The Kier molecular flexibility index (Phi) is 4.14. The summed E-state index contributed by atoms with van der Waals surface area (Å²) in [6.45, 7) is 14.3. The number of ketones is 1. The summed E-state index contributed by atoms with van der Waals surface area (Å²) in [6, 6.07) is 0. The summed E-state index contributed by atoms with van der Waals surface area (Å²) in [6.07, 6.45) is 9.72. The number of rotatable bonds is 2. The molecule has 31 heavy (non-hydrogen) atoms. The van der Waals surface area contributed by atoms with Gasteiger partial charge in [-0.25, -0.2) is 0 Å². The van der Waals surface area contributed by atoms with Crippen LogP contribution in [0.1, 0.15) is 72.6 Å². The van der Waals surface area contributed by atoms with Crippen molar-refractivity contribution < 1.29 is 18.7 Å². The highest BCUT2D eigenvalue weighted by atomic mass is 79.9. The summed E-state index contributed by atoms with van der Waals surface area (Å²) < 4.78 is 20.5. The topological polar surface area (TPSA) is 48.1 Å². The van der Waals surface area contributed by atoms with Crippen molar-refractivity contribution in [2.75, 3.05) is 0 Å². The molecule has 8 atom stereocenters. The Bertz CT molecular complexity index is 894. The third-order valence-corrected chi connectivity index (χ3v) is 15.9. The maximum absolute atomic E-state index is 12.7. The minimum absolute atomic E-state index is 0.147. The van der Waals surface area contributed by atoms with E-state index < -0.39 is 13.9 Å². The number of carbonyl (C=O) groups excluding carboxylic acids is 1. The normalized spacial score (nSPS) is 52.7. The summed E-state index contributed by atoms with van der Waals surface area (Å²) in [5.74, 6) is 0.699. The van der Waals surface area contributed by atoms with Crippen molar-refractivity contribution in [3.8, 4) is 0 Å². The molecular weight excluding hydrogens is 472 g/mol. The first-order valence-electron chi connectivity index (χ1n) is 12.3. The number of halogens is 1. The van der Waals surface area contributed by atoms with Crippen molar-refractivity contribution in [2.45, 2.75) is 125 Å². The second kappa shape index (κ2) is 5.97. The van der Waals surface area contributed by atoms with E-state index in [0.29, 0.717) is 12.0 Å². The SMILES string of the molecule is CC(C)(C)[Si](C)(C)O[C@H]1CC[C@@H]2[C@]1(C)CCC1=C[C@]34O[C@H]3C(=O)[C@H](Br)C[C@]43CC[C@@]12O3. The highest BCUT2D eigenvalue weighted by Crippen LogP contribution is 2.72. The number of Topliss-reactive ketones (excluding diaryl/α,β-unsaturated/α-hetero) is 1. The number of carbonyl (C=O) groups is 1. The first-order valence-corrected chi connectivity index (χ1v) is 16.1. The summed E-state index contributed by atoms with van der Waals surface area (Å²) in [5.41, 5.74) is 0.602. The van der Waals surface area contributed by atoms with Gasteiger partial charge in [0.05, 0.1) is 16.5 Å². The highest BCUT2D eigenvalue weighted by molar-refractivity contribution is 9.10. The van der Waals surface area contributed by atoms with Gasteiger partial charge in [-0.3, -0.25) is 4.79 Å². The first kappa shape index (κ1) is 21.5. The Balaban J connectivity index is 1.36. The first-order chi connectivity index (χ1) is 14.3. The molecule has 3 heterocycles. The van der Waals surface area contributed by atoms with E-state index in [0.717, 1.165) is 38.5 Å². The average Bonchev–Trinajstić information content (AvgIpc) is 3.19. The van der Waals surface area contributed by atoms with Crippen LogP contribution in [0.4, 0.5) is 0 Å². The molecule has 4 nitrogen and oxygen atoms in total. The lowest BCUT2D eigenvalue weighted by atomic mass is 9.58. The quantitative estimate of drug-likeness (QED) is 0.208. The van der Waals surface area contributed by atoms with E-state index >= 15 is 0 Å². The fourth-order valence-corrected chi connectivity index (χ4v) is 10.00. The lowest BCUT2D eigenvalue weighted by molar-refractivity contribution is -0.183. The zero-order chi connectivity index (χ0) is 22.2. The molecule has 2 saturated heterocycles. The number of alkyl halides is 1. The van der Waals surface area contributed by atoms with Crippen LogP contribution in [0.25, 0.3) is 0 Å². The Labute approximate surface area is 196 Å². The van der Waals surface area contributed by atoms with Gasteiger partial charge in [0.2, 0.25) is 0 Å². The van der Waals surface area contributed by atoms with Crippen molar-refractivity contribution >= 4 is 30.0 Å². The summed E-state index contributed by atoms with van der Waals surface area (Å²) in [4.78, 5) is 12.5. The second-order valence-corrected chi connectivity index (χ2v) is 18.9. The molecule has 3 aliphatic carbocycles. The number of hydrogen-bond donors (Lipinski definition) is 0. The molecular formula is C25H37BrO4Si. The number of hydrogen-bond acceptors (Lipinski definition) is 4.